The molecule has 0 aliphatic carbocycles. The average molecular weight is 147 g/mol. The summed E-state index contributed by atoms with van der Waals surface area (Å²) in [6.45, 7) is 1.98. The minimum atomic E-state index is -1.77. The van der Waals surface area contributed by atoms with Gasteiger partial charge in [-0.2, -0.15) is 0 Å². The third-order valence-corrected chi connectivity index (χ3v) is 1.32. The number of alkyl halides is 1. The van der Waals surface area contributed by atoms with Gasteiger partial charge in [0.05, 0.1) is 0 Å². The molecule has 10 heavy (non-hydrogen) atoms. The van der Waals surface area contributed by atoms with Gasteiger partial charge in [0, 0.05) is 0 Å². The Morgan fingerprint density at radius 1 is 1.50 bits per heavy atom. The molecular weight excluding hydrogens is 135 g/mol. The van der Waals surface area contributed by atoms with E-state index in [1.165, 1.54) is 0 Å². The van der Waals surface area contributed by atoms with Gasteiger partial charge in [-0.15, -0.1) is 0 Å². The van der Waals surface area contributed by atoms with Gasteiger partial charge < -0.3 is 0 Å². The smallest absolute Gasteiger partial charge is 0.244 e. The van der Waals surface area contributed by atoms with Crippen molar-refractivity contribution in [3.8, 4) is 0 Å². The summed E-state index contributed by atoms with van der Waals surface area (Å²) < 4.78 is 12.2. The second-order valence-electron chi connectivity index (χ2n) is 2.28. The van der Waals surface area contributed by atoms with Crippen LogP contribution in [0.1, 0.15) is 32.6 Å². The lowest BCUT2D eigenvalue weighted by atomic mass is 10.1. The van der Waals surface area contributed by atoms with Crippen LogP contribution >= 0.6 is 0 Å². The van der Waals surface area contributed by atoms with Crippen molar-refractivity contribution in [3.63, 3.8) is 0 Å². The molecule has 2 nitrogen and oxygen atoms in total. The predicted molar refractivity (Wildman–Crippen MR) is 34.7 cm³/mol. The largest absolute Gasteiger partial charge is 0.389 e. The van der Waals surface area contributed by atoms with Crippen LogP contribution in [0, 0.1) is 0 Å². The molecule has 1 unspecified atom stereocenters. The van der Waals surface area contributed by atoms with Crippen LogP contribution in [0.4, 0.5) is 4.39 Å². The van der Waals surface area contributed by atoms with E-state index in [1.54, 1.807) is 0 Å². The molecule has 1 atom stereocenters. The van der Waals surface area contributed by atoms with Crippen LogP contribution in [-0.2, 0) is 9.90 Å². The Balaban J connectivity index is 3.21. The van der Waals surface area contributed by atoms with Crippen LogP contribution in [0.2, 0.25) is 0 Å². The summed E-state index contributed by atoms with van der Waals surface area (Å²) in [5.74, 6) is -1.59. The van der Waals surface area contributed by atoms with E-state index in [0.717, 1.165) is 12.8 Å². The van der Waals surface area contributed by atoms with Crippen molar-refractivity contribution < 1.29 is 14.3 Å². The second-order valence-corrected chi connectivity index (χ2v) is 2.28. The first-order valence-electron chi connectivity index (χ1n) is 3.53. The van der Waals surface area contributed by atoms with E-state index >= 15 is 0 Å². The summed E-state index contributed by atoms with van der Waals surface area (Å²) in [6, 6.07) is 0. The summed E-state index contributed by atoms with van der Waals surface area (Å²) in [5.41, 5.74) is 0. The lowest BCUT2D eigenvalue weighted by Gasteiger charge is -1.98. The summed E-state index contributed by atoms with van der Waals surface area (Å²) >= 11 is 0. The molecule has 0 fully saturated rings. The Labute approximate surface area is 60.1 Å². The van der Waals surface area contributed by atoms with E-state index in [-0.39, 0.29) is 6.42 Å². The molecule has 0 saturated heterocycles. The minimum absolute atomic E-state index is 0.0934. The standard InChI is InChI=1S/C7H12FO2/c1-2-3-4-5-6(8)7(9)10/h6H,2-5H2,1H3. The third-order valence-electron chi connectivity index (χ3n) is 1.32. The molecule has 0 bridgehead atoms. The molecule has 3 heteroatoms. The van der Waals surface area contributed by atoms with Crippen molar-refractivity contribution in [2.45, 2.75) is 38.8 Å². The van der Waals surface area contributed by atoms with Crippen molar-refractivity contribution in [2.24, 2.45) is 0 Å². The van der Waals surface area contributed by atoms with Crippen molar-refractivity contribution in [2.75, 3.05) is 0 Å². The summed E-state index contributed by atoms with van der Waals surface area (Å²) in [5, 5.41) is 9.81. The first-order chi connectivity index (χ1) is 4.68. The maximum Gasteiger partial charge on any atom is 0.389 e. The molecule has 0 aliphatic rings. The highest BCUT2D eigenvalue weighted by atomic mass is 19.1. The molecule has 0 aromatic carbocycles. The SMILES string of the molecule is CCCCCC(F)C([O])=O. The van der Waals surface area contributed by atoms with Gasteiger partial charge in [0.15, 0.2) is 0 Å². The topological polar surface area (TPSA) is 37.0 Å². The Morgan fingerprint density at radius 3 is 2.50 bits per heavy atom. The highest BCUT2D eigenvalue weighted by molar-refractivity contribution is 5.71. The Kier molecular flexibility index (Phi) is 4.89. The molecule has 0 heterocycles. The molecule has 0 spiro atoms. The maximum absolute atomic E-state index is 12.2. The zero-order valence-electron chi connectivity index (χ0n) is 6.10. The Morgan fingerprint density at radius 2 is 2.10 bits per heavy atom. The lowest BCUT2D eigenvalue weighted by molar-refractivity contribution is -0.149. The summed E-state index contributed by atoms with van der Waals surface area (Å²) in [7, 11) is 0. The fraction of sp³-hybridized carbons (Fsp3) is 0.857. The van der Waals surface area contributed by atoms with Crippen LogP contribution in [-0.4, -0.2) is 12.1 Å². The van der Waals surface area contributed by atoms with Crippen molar-refractivity contribution in [3.05, 3.63) is 0 Å². The van der Waals surface area contributed by atoms with Gasteiger partial charge in [0.1, 0.15) is 0 Å². The van der Waals surface area contributed by atoms with Crippen LogP contribution in [0.15, 0.2) is 0 Å². The molecule has 0 N–H and O–H groups in total. The second kappa shape index (κ2) is 5.21. The first-order valence-corrected chi connectivity index (χ1v) is 3.53. The minimum Gasteiger partial charge on any atom is -0.244 e. The maximum atomic E-state index is 12.2. The Hall–Kier alpha value is -0.600. The highest BCUT2D eigenvalue weighted by Crippen LogP contribution is 2.06. The van der Waals surface area contributed by atoms with Crippen molar-refractivity contribution in [1.29, 1.82) is 0 Å². The van der Waals surface area contributed by atoms with E-state index in [4.69, 9.17) is 0 Å². The molecule has 0 amide bonds. The van der Waals surface area contributed by atoms with Gasteiger partial charge in [0.25, 0.3) is 0 Å². The number of unbranched alkanes of at least 4 members (excludes halogenated alkanes) is 2. The van der Waals surface area contributed by atoms with Crippen LogP contribution in [0.5, 0.6) is 0 Å². The van der Waals surface area contributed by atoms with Gasteiger partial charge in [-0.3, -0.25) is 0 Å². The number of carbonyl (C=O) groups excluding carboxylic acids is 1. The van der Waals surface area contributed by atoms with E-state index in [0.29, 0.717) is 6.42 Å². The fourth-order valence-corrected chi connectivity index (χ4v) is 0.691. The van der Waals surface area contributed by atoms with Crippen molar-refractivity contribution >= 4 is 5.97 Å². The van der Waals surface area contributed by atoms with Gasteiger partial charge in [-0.25, -0.2) is 14.3 Å². The Bertz CT molecular complexity index is 104. The zero-order valence-corrected chi connectivity index (χ0v) is 6.10. The van der Waals surface area contributed by atoms with Gasteiger partial charge >= 0.3 is 5.97 Å². The van der Waals surface area contributed by atoms with Gasteiger partial charge in [0.2, 0.25) is 6.17 Å². The lowest BCUT2D eigenvalue weighted by Crippen LogP contribution is -2.12. The zero-order chi connectivity index (χ0) is 7.98. The summed E-state index contributed by atoms with van der Waals surface area (Å²) in [6.07, 6.45) is 0.807. The molecule has 0 aromatic heterocycles. The molecule has 0 aliphatic heterocycles. The van der Waals surface area contributed by atoms with Crippen LogP contribution in [0.3, 0.4) is 0 Å². The van der Waals surface area contributed by atoms with E-state index in [1.807, 2.05) is 6.92 Å². The fourth-order valence-electron chi connectivity index (χ4n) is 0.691. The number of carbonyl (C=O) groups is 1. The van der Waals surface area contributed by atoms with E-state index in [2.05, 4.69) is 0 Å². The highest BCUT2D eigenvalue weighted by Gasteiger charge is 2.16. The normalized spacial score (nSPS) is 13.0. The first kappa shape index (κ1) is 9.40. The van der Waals surface area contributed by atoms with Gasteiger partial charge in [-0.1, -0.05) is 19.8 Å². The van der Waals surface area contributed by atoms with Crippen molar-refractivity contribution in [1.82, 2.24) is 0 Å². The number of halogens is 1. The third kappa shape index (κ3) is 4.30. The van der Waals surface area contributed by atoms with E-state index < -0.39 is 12.1 Å². The monoisotopic (exact) mass is 147 g/mol. The molecule has 1 radical (unpaired) electrons. The quantitative estimate of drug-likeness (QED) is 0.547. The molecule has 0 rings (SSSR count). The average Bonchev–Trinajstić information content (AvgIpc) is 1.88. The molecule has 0 saturated carbocycles. The number of hydrogen-bond donors (Lipinski definition) is 0. The van der Waals surface area contributed by atoms with Crippen LogP contribution < -0.4 is 0 Å². The predicted octanol–water partition coefficient (Wildman–Crippen LogP) is 1.86. The van der Waals surface area contributed by atoms with Crippen LogP contribution in [0.25, 0.3) is 0 Å². The van der Waals surface area contributed by atoms with Gasteiger partial charge in [-0.05, 0) is 12.8 Å². The molecule has 59 valence electrons. The molecular formula is C7H12FO2. The molecule has 0 aromatic rings. The number of rotatable bonds is 5. The summed E-state index contributed by atoms with van der Waals surface area (Å²) in [4.78, 5) is 9.81. The number of hydrogen-bond acceptors (Lipinski definition) is 1. The van der Waals surface area contributed by atoms with E-state index in [9.17, 15) is 14.3 Å².